The van der Waals surface area contributed by atoms with E-state index >= 15 is 0 Å². The van der Waals surface area contributed by atoms with Gasteiger partial charge in [-0.1, -0.05) is 232 Å². The highest BCUT2D eigenvalue weighted by molar-refractivity contribution is 5.73. The third kappa shape index (κ3) is 29.8. The van der Waals surface area contributed by atoms with E-state index in [-0.39, 0.29) is 97.7 Å². The van der Waals surface area contributed by atoms with Crippen LogP contribution in [0.15, 0.2) is 255 Å². The highest BCUT2D eigenvalue weighted by Gasteiger charge is 2.30. The number of hydrogen-bond donors (Lipinski definition) is 0. The lowest BCUT2D eigenvalue weighted by Crippen LogP contribution is -2.05. The van der Waals surface area contributed by atoms with Crippen LogP contribution in [0.5, 0.6) is 0 Å². The first-order chi connectivity index (χ1) is 70.4. The van der Waals surface area contributed by atoms with Gasteiger partial charge in [0.05, 0.1) is 16.7 Å². The molecular weight excluding hydrogens is 2010 g/mol. The molecule has 150 heavy (non-hydrogen) atoms. The summed E-state index contributed by atoms with van der Waals surface area (Å²) in [7, 11) is 0. The van der Waals surface area contributed by atoms with Crippen LogP contribution in [0, 0.1) is 175 Å². The highest BCUT2D eigenvalue weighted by Crippen LogP contribution is 2.41. The molecule has 0 radical (unpaired) electrons. The average Bonchev–Trinajstić information content (AvgIpc) is 0.764. The van der Waals surface area contributed by atoms with Gasteiger partial charge in [-0.25, -0.2) is 132 Å². The second kappa shape index (κ2) is 52.5. The van der Waals surface area contributed by atoms with Gasteiger partial charge in [-0.15, -0.1) is 0 Å². The lowest BCUT2D eigenvalue weighted by atomic mass is 9.97. The van der Waals surface area contributed by atoms with E-state index in [0.29, 0.717) is 52.1 Å². The Morgan fingerprint density at radius 1 is 0.120 bits per heavy atom. The molecule has 0 aliphatic heterocycles. The standard InChI is InChI=1S/C15H10F6.4C15H12F4.2C15H13F3.C15H14F2/c1-6(2)7-3-4-8(9(16)5-7)10-11(17)13(19)15(21)14(20)12(10)18;1-8(2)9-3-4-11(13(17)5-9)12-6-10(16)7-14(18)15(12)19;1-8(2)9-3-4-11(12(17)5-9)15-13(18)6-10(16)7-14(15)19;1-8(2)9-3-4-10(13(18)7-9)14-11(16)5-6-12(17)15(14)19;1-8(2)9-3-4-10(13(17)7-9)11-5-6-12(16)15(19)14(11)18;1-9(2)10-3-5-12(14(17)7-10)13-6-4-11(16)8-15(13)18;1-9(2)10-3-5-12(14(17)7-10)11-4-6-13(16)15(18)8-11;1-10(2)11-7-8-13(15(17)9-11)12-5-3-4-6-14(12)16/h3-6H,1-2H3;4*3-8H,1-2H3;2*3-9H,1-2H3;3-10H,1-2H3. The molecule has 0 unspecified atom stereocenters. The van der Waals surface area contributed by atoms with E-state index in [1.165, 1.54) is 97.1 Å². The predicted octanol–water partition coefficient (Wildman–Crippen LogP) is 40.0. The maximum atomic E-state index is 13.9. The fraction of sp³-hybridized carbons (Fsp3) is 0.200. The van der Waals surface area contributed by atoms with E-state index in [1.54, 1.807) is 80.6 Å². The zero-order chi connectivity index (χ0) is 111. The Morgan fingerprint density at radius 3 is 0.733 bits per heavy atom. The topological polar surface area (TPSA) is 0 Å². The van der Waals surface area contributed by atoms with Crippen molar-refractivity contribution in [1.82, 2.24) is 0 Å². The first kappa shape index (κ1) is 119. The van der Waals surface area contributed by atoms with Gasteiger partial charge in [0, 0.05) is 91.0 Å². The van der Waals surface area contributed by atoms with Crippen molar-refractivity contribution in [2.75, 3.05) is 0 Å². The summed E-state index contributed by atoms with van der Waals surface area (Å²) in [5, 5.41) is 0. The molecule has 0 saturated carbocycles. The van der Waals surface area contributed by atoms with E-state index in [9.17, 15) is 132 Å². The maximum absolute atomic E-state index is 13.9. The van der Waals surface area contributed by atoms with E-state index in [4.69, 9.17) is 0 Å². The number of halogens is 30. The fourth-order valence-corrected chi connectivity index (χ4v) is 14.8. The van der Waals surface area contributed by atoms with Gasteiger partial charge in [0.1, 0.15) is 93.1 Å². The Bertz CT molecular complexity index is 7430. The summed E-state index contributed by atoms with van der Waals surface area (Å²) in [5.74, 6) is -33.1. The Morgan fingerprint density at radius 2 is 0.380 bits per heavy atom. The van der Waals surface area contributed by atoms with Crippen LogP contribution < -0.4 is 0 Å². The molecule has 0 aliphatic carbocycles. The van der Waals surface area contributed by atoms with Crippen LogP contribution in [0.2, 0.25) is 0 Å². The Hall–Kier alpha value is -14.6. The second-order valence-corrected chi connectivity index (χ2v) is 36.8. The van der Waals surface area contributed by atoms with Crippen LogP contribution in [-0.2, 0) is 0 Å². The van der Waals surface area contributed by atoms with Crippen LogP contribution in [-0.4, -0.2) is 0 Å². The molecule has 0 spiro atoms. The molecule has 0 atom stereocenters. The van der Waals surface area contributed by atoms with Gasteiger partial charge in [0.25, 0.3) is 0 Å². The lowest BCUT2D eigenvalue weighted by molar-refractivity contribution is 0.381. The zero-order valence-corrected chi connectivity index (χ0v) is 83.2. The van der Waals surface area contributed by atoms with Gasteiger partial charge in [0.2, 0.25) is 5.82 Å². The van der Waals surface area contributed by atoms with Crippen molar-refractivity contribution in [2.24, 2.45) is 0 Å². The lowest BCUT2D eigenvalue weighted by Gasteiger charge is -2.11. The predicted molar refractivity (Wildman–Crippen MR) is 526 cm³/mol. The van der Waals surface area contributed by atoms with Crippen molar-refractivity contribution in [3.05, 3.63) is 474 Å². The number of benzene rings is 16. The highest BCUT2D eigenvalue weighted by atomic mass is 19.2. The van der Waals surface area contributed by atoms with Crippen molar-refractivity contribution < 1.29 is 132 Å². The van der Waals surface area contributed by atoms with E-state index in [2.05, 4.69) is 0 Å². The average molecular weight is 2110 g/mol. The number of rotatable bonds is 16. The summed E-state index contributed by atoms with van der Waals surface area (Å²) in [4.78, 5) is 0. The SMILES string of the molecule is CC(C)c1ccc(-c2c(F)c(F)c(F)c(F)c2F)c(F)c1.CC(C)c1ccc(-c2c(F)cc(F)cc2F)c(F)c1.CC(C)c1ccc(-c2c(F)ccc(F)c2F)c(F)c1.CC(C)c1ccc(-c2cc(F)cc(F)c2F)c(F)c1.CC(C)c1ccc(-c2ccc(F)c(F)c2)c(F)c1.CC(C)c1ccc(-c2ccc(F)c(F)c2F)c(F)c1.CC(C)c1ccc(-c2ccc(F)cc2F)c(F)c1.CC(C)c1ccc(-c2ccccc2F)c(F)c1. The van der Waals surface area contributed by atoms with Crippen molar-refractivity contribution >= 4 is 0 Å². The molecule has 0 amide bonds. The molecule has 0 aromatic heterocycles. The molecule has 16 aromatic rings. The van der Waals surface area contributed by atoms with Crippen molar-refractivity contribution in [3.8, 4) is 89.0 Å². The molecule has 30 heteroatoms. The van der Waals surface area contributed by atoms with Crippen LogP contribution in [0.1, 0.15) is 203 Å². The third-order valence-corrected chi connectivity index (χ3v) is 23.6. The summed E-state index contributed by atoms with van der Waals surface area (Å²) in [6.45, 7) is 30.4. The van der Waals surface area contributed by atoms with Crippen LogP contribution in [0.3, 0.4) is 0 Å². The van der Waals surface area contributed by atoms with Gasteiger partial charge in [0.15, 0.2) is 75.6 Å². The van der Waals surface area contributed by atoms with Gasteiger partial charge in [-0.3, -0.25) is 0 Å². The zero-order valence-electron chi connectivity index (χ0n) is 83.2. The number of hydrogen-bond acceptors (Lipinski definition) is 0. The maximum Gasteiger partial charge on any atom is 0.200 e. The normalized spacial score (nSPS) is 11.1. The van der Waals surface area contributed by atoms with Crippen molar-refractivity contribution in [1.29, 1.82) is 0 Å². The first-order valence-corrected chi connectivity index (χ1v) is 46.6. The monoisotopic (exact) mass is 2110 g/mol. The molecule has 0 heterocycles. The first-order valence-electron chi connectivity index (χ1n) is 46.6. The Kier molecular flexibility index (Phi) is 41.7. The Labute approximate surface area is 848 Å². The van der Waals surface area contributed by atoms with E-state index in [0.717, 1.165) is 94.0 Å². The molecule has 0 fully saturated rings. The molecule has 16 aromatic carbocycles. The molecule has 0 saturated heterocycles. The molecule has 788 valence electrons. The summed E-state index contributed by atoms with van der Waals surface area (Å²) in [5.41, 5.74) is 2.98. The third-order valence-electron chi connectivity index (χ3n) is 23.6. The molecule has 0 N–H and O–H groups in total. The van der Waals surface area contributed by atoms with Crippen LogP contribution in [0.25, 0.3) is 89.0 Å². The summed E-state index contributed by atoms with van der Waals surface area (Å²) < 4.78 is 403. The minimum atomic E-state index is -2.27. The minimum absolute atomic E-state index is 0.0510. The van der Waals surface area contributed by atoms with E-state index in [1.807, 2.05) is 103 Å². The van der Waals surface area contributed by atoms with Crippen LogP contribution >= 0.6 is 0 Å². The molecule has 0 nitrogen and oxygen atoms in total. The van der Waals surface area contributed by atoms with Gasteiger partial charge in [-0.2, -0.15) is 0 Å². The van der Waals surface area contributed by atoms with Crippen molar-refractivity contribution in [3.63, 3.8) is 0 Å². The smallest absolute Gasteiger partial charge is 0.200 e. The summed E-state index contributed by atoms with van der Waals surface area (Å²) >= 11 is 0. The summed E-state index contributed by atoms with van der Waals surface area (Å²) in [6, 6.07) is 52.8. The second-order valence-electron chi connectivity index (χ2n) is 36.8. The molecular formula is C120H98F30. The molecule has 0 bridgehead atoms. The summed E-state index contributed by atoms with van der Waals surface area (Å²) in [6.07, 6.45) is 0. The van der Waals surface area contributed by atoms with Gasteiger partial charge >= 0.3 is 0 Å². The largest absolute Gasteiger partial charge is 0.207 e. The van der Waals surface area contributed by atoms with E-state index < -0.39 is 197 Å². The molecule has 16 rings (SSSR count). The van der Waals surface area contributed by atoms with Crippen molar-refractivity contribution in [2.45, 2.75) is 158 Å². The fourth-order valence-electron chi connectivity index (χ4n) is 14.8. The minimum Gasteiger partial charge on any atom is -0.207 e. The Balaban J connectivity index is 0.000000190. The van der Waals surface area contributed by atoms with Gasteiger partial charge in [-0.05, 0) is 207 Å². The quantitative estimate of drug-likeness (QED) is 0.0514. The van der Waals surface area contributed by atoms with Gasteiger partial charge < -0.3 is 0 Å². The van der Waals surface area contributed by atoms with Crippen LogP contribution in [0.4, 0.5) is 132 Å². The molecule has 0 aliphatic rings.